The van der Waals surface area contributed by atoms with Gasteiger partial charge in [0.05, 0.1) is 11.5 Å². The third-order valence-electron chi connectivity index (χ3n) is 11.9. The third-order valence-corrected chi connectivity index (χ3v) is 13.7. The minimum absolute atomic E-state index is 0.0881. The van der Waals surface area contributed by atoms with Gasteiger partial charge in [0, 0.05) is 12.8 Å². The van der Waals surface area contributed by atoms with Crippen LogP contribution in [0.25, 0.3) is 0 Å². The first-order valence-corrected chi connectivity index (χ1v) is 27.7. The van der Waals surface area contributed by atoms with Crippen LogP contribution >= 0.6 is 0 Å². The second kappa shape index (κ2) is 45.4. The number of carbonyl (C=O) groups excluding carboxylic acids is 2. The lowest BCUT2D eigenvalue weighted by atomic mass is 10.0. The van der Waals surface area contributed by atoms with E-state index in [4.69, 9.17) is 9.47 Å². The van der Waals surface area contributed by atoms with Crippen LogP contribution in [0.2, 0.25) is 0 Å². The molecule has 0 radical (unpaired) electrons. The molecule has 6 nitrogen and oxygen atoms in total. The number of unbranched alkanes of at least 4 members (excludes halogenated alkanes) is 37. The molecule has 0 aliphatic heterocycles. The van der Waals surface area contributed by atoms with Gasteiger partial charge in [-0.3, -0.25) is 9.59 Å². The molecule has 0 bridgehead atoms. The van der Waals surface area contributed by atoms with E-state index < -0.39 is 15.9 Å². The fourth-order valence-corrected chi connectivity index (χ4v) is 9.62. The fourth-order valence-electron chi connectivity index (χ4n) is 8.08. The van der Waals surface area contributed by atoms with Crippen LogP contribution in [-0.4, -0.2) is 44.6 Å². The zero-order valence-electron chi connectivity index (χ0n) is 39.3. The highest BCUT2D eigenvalue weighted by Gasteiger charge is 2.24. The Hall–Kier alpha value is -1.11. The van der Waals surface area contributed by atoms with Crippen LogP contribution in [0.4, 0.5) is 0 Å². The molecule has 346 valence electrons. The normalized spacial score (nSPS) is 12.3. The monoisotopic (exact) mass is 841 g/mol. The Kier molecular flexibility index (Phi) is 44.5. The van der Waals surface area contributed by atoms with Crippen LogP contribution in [0, 0.1) is 0 Å². The number of ether oxygens (including phenoxy) is 2. The molecule has 0 aliphatic rings. The first kappa shape index (κ1) is 56.9. The maximum atomic E-state index is 13.1. The van der Waals surface area contributed by atoms with E-state index in [0.717, 1.165) is 57.8 Å². The highest BCUT2D eigenvalue weighted by Crippen LogP contribution is 2.17. The molecule has 0 N–H and O–H groups in total. The van der Waals surface area contributed by atoms with Gasteiger partial charge in [0.15, 0.2) is 9.84 Å². The minimum Gasteiger partial charge on any atom is -0.462 e. The quantitative estimate of drug-likeness (QED) is 0.0448. The molecule has 7 heteroatoms. The molecule has 0 aromatic rings. The molecule has 0 saturated carbocycles. The molecule has 0 unspecified atom stereocenters. The molecule has 0 saturated heterocycles. The van der Waals surface area contributed by atoms with Gasteiger partial charge >= 0.3 is 11.9 Å². The van der Waals surface area contributed by atoms with Crippen LogP contribution in [0.3, 0.4) is 0 Å². The van der Waals surface area contributed by atoms with Gasteiger partial charge < -0.3 is 9.47 Å². The Balaban J connectivity index is 4.45. The summed E-state index contributed by atoms with van der Waals surface area (Å²) in [5.41, 5.74) is 0. The molecule has 1 atom stereocenters. The fraction of sp³-hybridized carbons (Fsp3) is 0.961. The number of esters is 2. The smallest absolute Gasteiger partial charge is 0.306 e. The SMILES string of the molecule is CCCCCCCCCCCCCCCCS(=O)(=O)C[C@H](COC(=O)CCCCCCCCCCCCCCC)OC(=O)CCCCCCCCCCCCCCC. The lowest BCUT2D eigenvalue weighted by Gasteiger charge is -2.18. The highest BCUT2D eigenvalue weighted by atomic mass is 32.2. The van der Waals surface area contributed by atoms with Crippen LogP contribution < -0.4 is 0 Å². The van der Waals surface area contributed by atoms with Gasteiger partial charge in [-0.15, -0.1) is 0 Å². The predicted octanol–water partition coefficient (Wildman–Crippen LogP) is 16.3. The molecule has 0 rings (SSSR count). The molecule has 0 heterocycles. The zero-order valence-corrected chi connectivity index (χ0v) is 40.1. The van der Waals surface area contributed by atoms with Crippen molar-refractivity contribution in [1.82, 2.24) is 0 Å². The van der Waals surface area contributed by atoms with Gasteiger partial charge in [-0.1, -0.05) is 258 Å². The predicted molar refractivity (Wildman–Crippen MR) is 250 cm³/mol. The van der Waals surface area contributed by atoms with Crippen LogP contribution in [0.5, 0.6) is 0 Å². The number of hydrogen-bond acceptors (Lipinski definition) is 6. The lowest BCUT2D eigenvalue weighted by Crippen LogP contribution is -2.33. The van der Waals surface area contributed by atoms with E-state index in [1.165, 1.54) is 193 Å². The number of carbonyl (C=O) groups is 2. The summed E-state index contributed by atoms with van der Waals surface area (Å²) in [4.78, 5) is 25.4. The van der Waals surface area contributed by atoms with Gasteiger partial charge in [-0.25, -0.2) is 8.42 Å². The van der Waals surface area contributed by atoms with E-state index >= 15 is 0 Å². The van der Waals surface area contributed by atoms with E-state index in [0.29, 0.717) is 12.8 Å². The topological polar surface area (TPSA) is 86.7 Å². The van der Waals surface area contributed by atoms with Gasteiger partial charge in [0.2, 0.25) is 0 Å². The molecule has 0 amide bonds. The summed E-state index contributed by atoms with van der Waals surface area (Å²) < 4.78 is 37.5. The summed E-state index contributed by atoms with van der Waals surface area (Å²) in [5, 5.41) is 0. The standard InChI is InChI=1S/C51H100O6S/c1-4-7-10-13-16-19-22-25-28-31-34-37-40-43-46-58(54,55)48-49(57-51(53)45-42-39-36-33-30-27-24-21-18-15-12-9-6-3)47-56-50(52)44-41-38-35-32-29-26-23-20-17-14-11-8-5-2/h49H,4-48H2,1-3H3/t49-/m0/s1. The van der Waals surface area contributed by atoms with Crippen molar-refractivity contribution in [3.8, 4) is 0 Å². The maximum Gasteiger partial charge on any atom is 0.306 e. The Morgan fingerprint density at radius 1 is 0.362 bits per heavy atom. The third kappa shape index (κ3) is 44.4. The van der Waals surface area contributed by atoms with Crippen molar-refractivity contribution in [3.05, 3.63) is 0 Å². The molecule has 0 aliphatic carbocycles. The maximum absolute atomic E-state index is 13.1. The molecular weight excluding hydrogens is 741 g/mol. The van der Waals surface area contributed by atoms with E-state index in [1.807, 2.05) is 0 Å². The van der Waals surface area contributed by atoms with Crippen molar-refractivity contribution in [3.63, 3.8) is 0 Å². The Bertz CT molecular complexity index is 966. The van der Waals surface area contributed by atoms with Crippen molar-refractivity contribution in [1.29, 1.82) is 0 Å². The summed E-state index contributed by atoms with van der Waals surface area (Å²) in [6.45, 7) is 6.60. The largest absolute Gasteiger partial charge is 0.462 e. The van der Waals surface area contributed by atoms with Crippen molar-refractivity contribution < 1.29 is 27.5 Å². The molecule has 58 heavy (non-hydrogen) atoms. The summed E-state index contributed by atoms with van der Waals surface area (Å²) in [6, 6.07) is 0. The Morgan fingerprint density at radius 2 is 0.621 bits per heavy atom. The second-order valence-electron chi connectivity index (χ2n) is 18.0. The van der Waals surface area contributed by atoms with Crippen molar-refractivity contribution in [2.45, 2.75) is 297 Å². The average Bonchev–Trinajstić information content (AvgIpc) is 3.20. The van der Waals surface area contributed by atoms with Gasteiger partial charge in [0.1, 0.15) is 12.7 Å². The molecule has 0 aromatic heterocycles. The summed E-state index contributed by atoms with van der Waals surface area (Å²) in [6.07, 6.45) is 48.9. The molecule has 0 spiro atoms. The minimum atomic E-state index is -3.45. The van der Waals surface area contributed by atoms with Crippen LogP contribution in [0.1, 0.15) is 290 Å². The molecular formula is C51H100O6S. The Morgan fingerprint density at radius 3 is 0.931 bits per heavy atom. The van der Waals surface area contributed by atoms with Crippen LogP contribution in [-0.2, 0) is 28.9 Å². The van der Waals surface area contributed by atoms with Gasteiger partial charge in [-0.05, 0) is 19.3 Å². The van der Waals surface area contributed by atoms with E-state index in [-0.39, 0.29) is 36.5 Å². The first-order chi connectivity index (χ1) is 28.3. The highest BCUT2D eigenvalue weighted by molar-refractivity contribution is 7.91. The van der Waals surface area contributed by atoms with Crippen molar-refractivity contribution in [2.24, 2.45) is 0 Å². The number of sulfone groups is 1. The number of hydrogen-bond donors (Lipinski definition) is 0. The molecule has 0 fully saturated rings. The van der Waals surface area contributed by atoms with Crippen molar-refractivity contribution in [2.75, 3.05) is 18.1 Å². The van der Waals surface area contributed by atoms with E-state index in [9.17, 15) is 18.0 Å². The van der Waals surface area contributed by atoms with Gasteiger partial charge in [-0.2, -0.15) is 0 Å². The zero-order chi connectivity index (χ0) is 42.5. The van der Waals surface area contributed by atoms with Crippen LogP contribution in [0.15, 0.2) is 0 Å². The molecule has 0 aromatic carbocycles. The average molecular weight is 841 g/mol. The summed E-state index contributed by atoms with van der Waals surface area (Å²) >= 11 is 0. The first-order valence-electron chi connectivity index (χ1n) is 25.9. The number of rotatable bonds is 48. The van der Waals surface area contributed by atoms with Crippen molar-refractivity contribution >= 4 is 21.8 Å². The van der Waals surface area contributed by atoms with E-state index in [2.05, 4.69) is 20.8 Å². The summed E-state index contributed by atoms with van der Waals surface area (Å²) in [7, 11) is -3.45. The summed E-state index contributed by atoms with van der Waals surface area (Å²) in [5.74, 6) is -0.899. The Labute approximate surface area is 362 Å². The second-order valence-corrected chi connectivity index (χ2v) is 20.2. The lowest BCUT2D eigenvalue weighted by molar-refractivity contribution is -0.157. The van der Waals surface area contributed by atoms with E-state index in [1.54, 1.807) is 0 Å². The van der Waals surface area contributed by atoms with Gasteiger partial charge in [0.25, 0.3) is 0 Å².